The summed E-state index contributed by atoms with van der Waals surface area (Å²) in [5, 5.41) is 0. The Morgan fingerprint density at radius 1 is 0.739 bits per heavy atom. The summed E-state index contributed by atoms with van der Waals surface area (Å²) in [6.45, 7) is 2.29. The molecule has 0 aliphatic heterocycles. The van der Waals surface area contributed by atoms with Gasteiger partial charge in [0.05, 0.1) is 0 Å². The zero-order valence-electron chi connectivity index (χ0n) is 15.7. The van der Waals surface area contributed by atoms with Gasteiger partial charge in [0, 0.05) is 0 Å². The molecule has 0 aromatic heterocycles. The van der Waals surface area contributed by atoms with Crippen LogP contribution in [0.4, 0.5) is 0 Å². The summed E-state index contributed by atoms with van der Waals surface area (Å²) in [4.78, 5) is 0. The smallest absolute Gasteiger partial charge is 0.0133 e. The summed E-state index contributed by atoms with van der Waals surface area (Å²) in [5.41, 5.74) is 1.64. The molecule has 0 heteroatoms. The Hall–Kier alpha value is -0.780. The summed E-state index contributed by atoms with van der Waals surface area (Å²) < 4.78 is 0. The fourth-order valence-corrected chi connectivity index (χ4v) is 3.28. The second kappa shape index (κ2) is 16.1. The normalized spacial score (nSPS) is 14.0. The quantitative estimate of drug-likeness (QED) is 0.198. The molecule has 0 bridgehead atoms. The van der Waals surface area contributed by atoms with Crippen LogP contribution in [0.15, 0.2) is 36.0 Å². The lowest BCUT2D eigenvalue weighted by molar-refractivity contribution is 0.594. The molecular weight excluding hydrogens is 276 g/mol. The Balaban J connectivity index is 1.71. The molecule has 0 saturated heterocycles. The second-order valence-electron chi connectivity index (χ2n) is 7.15. The van der Waals surface area contributed by atoms with Crippen molar-refractivity contribution in [3.8, 4) is 0 Å². The van der Waals surface area contributed by atoms with Crippen molar-refractivity contribution in [3.63, 3.8) is 0 Å². The molecule has 132 valence electrons. The molecule has 0 atom stereocenters. The highest BCUT2D eigenvalue weighted by Crippen LogP contribution is 2.18. The first-order chi connectivity index (χ1) is 11.4. The lowest BCUT2D eigenvalue weighted by Crippen LogP contribution is -1.83. The Morgan fingerprint density at radius 3 is 1.87 bits per heavy atom. The fraction of sp³-hybridized carbons (Fsp3) is 0.739. The summed E-state index contributed by atoms with van der Waals surface area (Å²) in [6.07, 6.45) is 33.7. The monoisotopic (exact) mass is 316 g/mol. The van der Waals surface area contributed by atoms with Gasteiger partial charge in [0.25, 0.3) is 0 Å². The number of unbranched alkanes of at least 4 members (excludes halogenated alkanes) is 12. The van der Waals surface area contributed by atoms with E-state index >= 15 is 0 Å². The summed E-state index contributed by atoms with van der Waals surface area (Å²) in [5.74, 6) is 0. The van der Waals surface area contributed by atoms with Crippen LogP contribution < -0.4 is 0 Å². The van der Waals surface area contributed by atoms with Gasteiger partial charge in [-0.3, -0.25) is 0 Å². The molecule has 0 nitrogen and oxygen atoms in total. The van der Waals surface area contributed by atoms with Gasteiger partial charge in [0.2, 0.25) is 0 Å². The highest BCUT2D eigenvalue weighted by atomic mass is 14.0. The van der Waals surface area contributed by atoms with Gasteiger partial charge in [-0.25, -0.2) is 0 Å². The fourth-order valence-electron chi connectivity index (χ4n) is 3.28. The van der Waals surface area contributed by atoms with Crippen LogP contribution in [0.2, 0.25) is 0 Å². The zero-order chi connectivity index (χ0) is 16.4. The van der Waals surface area contributed by atoms with Gasteiger partial charge < -0.3 is 0 Å². The molecule has 0 heterocycles. The molecule has 0 N–H and O–H groups in total. The second-order valence-corrected chi connectivity index (χ2v) is 7.15. The first-order valence-corrected chi connectivity index (χ1v) is 10.4. The van der Waals surface area contributed by atoms with Crippen LogP contribution in [-0.2, 0) is 0 Å². The van der Waals surface area contributed by atoms with Crippen molar-refractivity contribution >= 4 is 0 Å². The van der Waals surface area contributed by atoms with E-state index in [1.807, 2.05) is 0 Å². The molecule has 1 aliphatic carbocycles. The van der Waals surface area contributed by atoms with Gasteiger partial charge in [-0.2, -0.15) is 0 Å². The van der Waals surface area contributed by atoms with Crippen LogP contribution in [0.5, 0.6) is 0 Å². The van der Waals surface area contributed by atoms with Crippen LogP contribution in [0.3, 0.4) is 0 Å². The maximum Gasteiger partial charge on any atom is -0.0133 e. The molecule has 23 heavy (non-hydrogen) atoms. The van der Waals surface area contributed by atoms with Gasteiger partial charge in [-0.15, -0.1) is 0 Å². The van der Waals surface area contributed by atoms with E-state index in [9.17, 15) is 0 Å². The maximum absolute atomic E-state index is 2.42. The molecule has 0 saturated carbocycles. The van der Waals surface area contributed by atoms with Crippen LogP contribution >= 0.6 is 0 Å². The van der Waals surface area contributed by atoms with E-state index in [4.69, 9.17) is 0 Å². The topological polar surface area (TPSA) is 0 Å². The highest BCUT2D eigenvalue weighted by Gasteiger charge is 1.98. The van der Waals surface area contributed by atoms with Gasteiger partial charge >= 0.3 is 0 Å². The number of hydrogen-bond donors (Lipinski definition) is 0. The average molecular weight is 317 g/mol. The predicted octanol–water partition coefficient (Wildman–Crippen LogP) is 8.30. The predicted molar refractivity (Wildman–Crippen MR) is 106 cm³/mol. The van der Waals surface area contributed by atoms with Crippen LogP contribution in [0, 0.1) is 0 Å². The first kappa shape index (κ1) is 20.3. The lowest BCUT2D eigenvalue weighted by atomic mass is 10.0. The van der Waals surface area contributed by atoms with Crippen molar-refractivity contribution < 1.29 is 0 Å². The van der Waals surface area contributed by atoms with E-state index in [1.54, 1.807) is 5.57 Å². The van der Waals surface area contributed by atoms with E-state index in [0.717, 1.165) is 0 Å². The van der Waals surface area contributed by atoms with Crippen molar-refractivity contribution in [1.29, 1.82) is 0 Å². The zero-order valence-corrected chi connectivity index (χ0v) is 15.7. The molecule has 0 radical (unpaired) electrons. The van der Waals surface area contributed by atoms with Crippen LogP contribution in [0.25, 0.3) is 0 Å². The number of allylic oxidation sites excluding steroid dienone is 6. The number of hydrogen-bond acceptors (Lipinski definition) is 0. The standard InChI is InChI=1S/C23H40/c1-2-3-4-5-6-7-8-9-10-11-12-13-14-15-16-17-20-23-21-18-19-22-23/h9-10,18-19,21H,2-8,11-17,20,22H2,1H3/b10-9-. The average Bonchev–Trinajstić information content (AvgIpc) is 3.08. The molecule has 0 fully saturated rings. The summed E-state index contributed by atoms with van der Waals surface area (Å²) >= 11 is 0. The Morgan fingerprint density at radius 2 is 1.30 bits per heavy atom. The summed E-state index contributed by atoms with van der Waals surface area (Å²) in [7, 11) is 0. The Labute approximate surface area is 146 Å². The molecule has 0 aromatic rings. The van der Waals surface area contributed by atoms with Crippen molar-refractivity contribution in [2.45, 2.75) is 110 Å². The van der Waals surface area contributed by atoms with Crippen molar-refractivity contribution in [2.24, 2.45) is 0 Å². The molecule has 1 rings (SSSR count). The van der Waals surface area contributed by atoms with Gasteiger partial charge in [0.15, 0.2) is 0 Å². The minimum absolute atomic E-state index is 1.21. The molecule has 0 amide bonds. The molecule has 0 unspecified atom stereocenters. The Kier molecular flexibility index (Phi) is 14.2. The van der Waals surface area contributed by atoms with E-state index in [0.29, 0.717) is 0 Å². The maximum atomic E-state index is 2.42. The molecule has 0 aromatic carbocycles. The van der Waals surface area contributed by atoms with Crippen LogP contribution in [0.1, 0.15) is 110 Å². The van der Waals surface area contributed by atoms with Crippen molar-refractivity contribution in [1.82, 2.24) is 0 Å². The van der Waals surface area contributed by atoms with E-state index in [-0.39, 0.29) is 0 Å². The molecule has 0 spiro atoms. The Bertz CT molecular complexity index is 332. The first-order valence-electron chi connectivity index (χ1n) is 10.4. The third-order valence-electron chi connectivity index (χ3n) is 4.86. The SMILES string of the molecule is CCCCCCCC/C=C\CCCCCCCCC1=CC=CC1. The minimum atomic E-state index is 1.21. The van der Waals surface area contributed by atoms with Gasteiger partial charge in [0.1, 0.15) is 0 Å². The highest BCUT2D eigenvalue weighted by molar-refractivity contribution is 5.22. The van der Waals surface area contributed by atoms with E-state index in [1.165, 1.54) is 103 Å². The lowest BCUT2D eigenvalue weighted by Gasteiger charge is -2.02. The van der Waals surface area contributed by atoms with Crippen LogP contribution in [-0.4, -0.2) is 0 Å². The third-order valence-corrected chi connectivity index (χ3v) is 4.86. The van der Waals surface area contributed by atoms with Crippen molar-refractivity contribution in [2.75, 3.05) is 0 Å². The minimum Gasteiger partial charge on any atom is -0.0885 e. The number of rotatable bonds is 16. The summed E-state index contributed by atoms with van der Waals surface area (Å²) in [6, 6.07) is 0. The van der Waals surface area contributed by atoms with E-state index in [2.05, 4.69) is 37.3 Å². The van der Waals surface area contributed by atoms with Gasteiger partial charge in [-0.1, -0.05) is 101 Å². The van der Waals surface area contributed by atoms with Crippen molar-refractivity contribution in [3.05, 3.63) is 36.0 Å². The third kappa shape index (κ3) is 13.4. The van der Waals surface area contributed by atoms with E-state index < -0.39 is 0 Å². The van der Waals surface area contributed by atoms with Gasteiger partial charge in [-0.05, 0) is 44.9 Å². The molecule has 1 aliphatic rings. The largest absolute Gasteiger partial charge is 0.0885 e. The molecular formula is C23H40.